The molecule has 0 aliphatic carbocycles. The number of hydrogen-bond acceptors (Lipinski definition) is 2. The minimum Gasteiger partial charge on any atom is -1.00 e. The summed E-state index contributed by atoms with van der Waals surface area (Å²) >= 11 is 0. The monoisotopic (exact) mass is 228 g/mol. The van der Waals surface area contributed by atoms with Crippen molar-refractivity contribution in [3.05, 3.63) is 0 Å². The van der Waals surface area contributed by atoms with Gasteiger partial charge in [0.2, 0.25) is 0 Å². The predicted molar refractivity (Wildman–Crippen MR) is 60.0 cm³/mol. The third-order valence-electron chi connectivity index (χ3n) is 2.86. The van der Waals surface area contributed by atoms with E-state index in [2.05, 4.69) is 0 Å². The van der Waals surface area contributed by atoms with E-state index in [1.54, 1.807) is 6.92 Å². The fraction of sp³-hybridized carbons (Fsp3) is 0.800. The Kier molecular flexibility index (Phi) is 8.05. The minimum atomic E-state index is -1.66. The van der Waals surface area contributed by atoms with E-state index in [1.807, 2.05) is 6.92 Å². The standard InChI is InChI=1S/C10H18O4.Mg.2H/c1-4-5-6-7(2)10(3,8(11)12)9(13)14;;;/h7H,4-6H2,1-3H3,(H,11,12)(H,13,14);;;/q;+2;2*-1. The SMILES string of the molecule is CCCCC(C)C(C)(C(=O)O)C(=O)O.[H-].[H-].[Mg+2]. The van der Waals surface area contributed by atoms with E-state index in [4.69, 9.17) is 10.2 Å². The number of carboxylic acid groups (broad SMARTS) is 2. The van der Waals surface area contributed by atoms with Crippen LogP contribution in [0.15, 0.2) is 0 Å². The molecule has 0 aromatic carbocycles. The van der Waals surface area contributed by atoms with Crippen molar-refractivity contribution in [3.8, 4) is 0 Å². The van der Waals surface area contributed by atoms with E-state index in [9.17, 15) is 9.59 Å². The summed E-state index contributed by atoms with van der Waals surface area (Å²) in [5, 5.41) is 17.8. The van der Waals surface area contributed by atoms with Gasteiger partial charge in [-0.1, -0.05) is 26.7 Å². The van der Waals surface area contributed by atoms with Crippen LogP contribution >= 0.6 is 0 Å². The number of hydrogen-bond donors (Lipinski definition) is 2. The van der Waals surface area contributed by atoms with Gasteiger partial charge >= 0.3 is 35.0 Å². The van der Waals surface area contributed by atoms with Gasteiger partial charge in [0.15, 0.2) is 5.41 Å². The Morgan fingerprint density at radius 3 is 2.00 bits per heavy atom. The Hall–Kier alpha value is -0.294. The van der Waals surface area contributed by atoms with Gasteiger partial charge < -0.3 is 13.1 Å². The Morgan fingerprint density at radius 2 is 1.73 bits per heavy atom. The second-order valence-electron chi connectivity index (χ2n) is 3.86. The van der Waals surface area contributed by atoms with E-state index in [0.717, 1.165) is 12.8 Å². The topological polar surface area (TPSA) is 74.6 Å². The maximum absolute atomic E-state index is 10.9. The Labute approximate surface area is 109 Å². The van der Waals surface area contributed by atoms with Crippen LogP contribution in [-0.4, -0.2) is 45.2 Å². The zero-order valence-corrected chi connectivity index (χ0v) is 11.0. The van der Waals surface area contributed by atoms with Gasteiger partial charge in [0.25, 0.3) is 0 Å². The molecule has 0 bridgehead atoms. The minimum absolute atomic E-state index is 0. The van der Waals surface area contributed by atoms with Crippen LogP contribution in [0.2, 0.25) is 0 Å². The van der Waals surface area contributed by atoms with Crippen LogP contribution in [0, 0.1) is 11.3 Å². The van der Waals surface area contributed by atoms with Gasteiger partial charge in [-0.05, 0) is 19.3 Å². The molecule has 4 nitrogen and oxygen atoms in total. The molecule has 0 radical (unpaired) electrons. The van der Waals surface area contributed by atoms with Crippen molar-refractivity contribution in [3.63, 3.8) is 0 Å². The summed E-state index contributed by atoms with van der Waals surface area (Å²) in [6.07, 6.45) is 2.43. The van der Waals surface area contributed by atoms with Crippen LogP contribution < -0.4 is 0 Å². The molecule has 0 aromatic heterocycles. The Balaban J connectivity index is -0.000000282. The molecule has 0 aromatic rings. The maximum Gasteiger partial charge on any atom is 2.00 e. The van der Waals surface area contributed by atoms with Crippen LogP contribution in [-0.2, 0) is 9.59 Å². The van der Waals surface area contributed by atoms with Gasteiger partial charge in [0, 0.05) is 0 Å². The molecule has 86 valence electrons. The van der Waals surface area contributed by atoms with E-state index >= 15 is 0 Å². The van der Waals surface area contributed by atoms with Crippen molar-refractivity contribution < 1.29 is 22.7 Å². The molecule has 2 N–H and O–H groups in total. The molecule has 5 heteroatoms. The number of carboxylic acids is 2. The number of carbonyl (C=O) groups is 2. The first-order chi connectivity index (χ1) is 6.37. The van der Waals surface area contributed by atoms with Gasteiger partial charge in [-0.15, -0.1) is 0 Å². The molecular formula is C10H20MgO4. The third kappa shape index (κ3) is 3.99. The Bertz CT molecular complexity index is 222. The molecule has 1 unspecified atom stereocenters. The summed E-state index contributed by atoms with van der Waals surface area (Å²) in [6, 6.07) is 0. The van der Waals surface area contributed by atoms with Crippen LogP contribution in [0.4, 0.5) is 0 Å². The first kappa shape index (κ1) is 17.1. The van der Waals surface area contributed by atoms with Gasteiger partial charge in [0.1, 0.15) is 0 Å². The normalized spacial score (nSPS) is 12.7. The molecule has 0 spiro atoms. The van der Waals surface area contributed by atoms with E-state index in [1.165, 1.54) is 6.92 Å². The molecule has 0 fully saturated rings. The second kappa shape index (κ2) is 7.06. The molecule has 0 rings (SSSR count). The average Bonchev–Trinajstić information content (AvgIpc) is 2.11. The van der Waals surface area contributed by atoms with Gasteiger partial charge in [-0.3, -0.25) is 9.59 Å². The predicted octanol–water partition coefficient (Wildman–Crippen LogP) is 1.83. The summed E-state index contributed by atoms with van der Waals surface area (Å²) < 4.78 is 0. The van der Waals surface area contributed by atoms with E-state index in [0.29, 0.717) is 6.42 Å². The fourth-order valence-electron chi connectivity index (χ4n) is 1.31. The largest absolute Gasteiger partial charge is 2.00 e. The summed E-state index contributed by atoms with van der Waals surface area (Å²) in [7, 11) is 0. The molecule has 15 heavy (non-hydrogen) atoms. The van der Waals surface area contributed by atoms with Crippen molar-refractivity contribution >= 4 is 35.0 Å². The summed E-state index contributed by atoms with van der Waals surface area (Å²) in [5.74, 6) is -2.86. The van der Waals surface area contributed by atoms with Crippen LogP contribution in [0.25, 0.3) is 0 Å². The quantitative estimate of drug-likeness (QED) is 0.537. The van der Waals surface area contributed by atoms with Crippen LogP contribution in [0.3, 0.4) is 0 Å². The Morgan fingerprint density at radius 1 is 1.33 bits per heavy atom. The smallest absolute Gasteiger partial charge is 1.00 e. The molecule has 0 saturated carbocycles. The van der Waals surface area contributed by atoms with Crippen molar-refractivity contribution in [2.24, 2.45) is 11.3 Å². The van der Waals surface area contributed by atoms with Gasteiger partial charge in [-0.25, -0.2) is 0 Å². The fourth-order valence-corrected chi connectivity index (χ4v) is 1.31. The molecule has 0 aliphatic rings. The van der Waals surface area contributed by atoms with Crippen molar-refractivity contribution in [1.82, 2.24) is 0 Å². The zero-order valence-electron chi connectivity index (χ0n) is 11.6. The maximum atomic E-state index is 10.9. The number of unbranched alkanes of at least 4 members (excludes halogenated alkanes) is 1. The third-order valence-corrected chi connectivity index (χ3v) is 2.86. The van der Waals surface area contributed by atoms with Crippen molar-refractivity contribution in [1.29, 1.82) is 0 Å². The molecule has 1 atom stereocenters. The van der Waals surface area contributed by atoms with E-state index < -0.39 is 17.4 Å². The second-order valence-corrected chi connectivity index (χ2v) is 3.86. The van der Waals surface area contributed by atoms with Crippen LogP contribution in [0.1, 0.15) is 42.9 Å². The van der Waals surface area contributed by atoms with Crippen molar-refractivity contribution in [2.45, 2.75) is 40.0 Å². The first-order valence-corrected chi connectivity index (χ1v) is 4.84. The molecular weight excluding hydrogens is 208 g/mol. The summed E-state index contributed by atoms with van der Waals surface area (Å²) in [6.45, 7) is 4.95. The first-order valence-electron chi connectivity index (χ1n) is 4.84. The number of rotatable bonds is 6. The summed E-state index contributed by atoms with van der Waals surface area (Å²) in [4.78, 5) is 21.8. The average molecular weight is 229 g/mol. The zero-order chi connectivity index (χ0) is 11.4. The molecule has 0 heterocycles. The van der Waals surface area contributed by atoms with Crippen molar-refractivity contribution in [2.75, 3.05) is 0 Å². The molecule has 0 saturated heterocycles. The summed E-state index contributed by atoms with van der Waals surface area (Å²) in [5.41, 5.74) is -1.66. The van der Waals surface area contributed by atoms with Crippen LogP contribution in [0.5, 0.6) is 0 Å². The van der Waals surface area contributed by atoms with Gasteiger partial charge in [-0.2, -0.15) is 0 Å². The van der Waals surface area contributed by atoms with Gasteiger partial charge in [0.05, 0.1) is 0 Å². The van der Waals surface area contributed by atoms with E-state index in [-0.39, 0.29) is 31.8 Å². The molecule has 0 aliphatic heterocycles. The molecule has 0 amide bonds. The number of aliphatic carboxylic acids is 2.